The Morgan fingerprint density at radius 3 is 2.71 bits per heavy atom. The molecule has 0 aromatic heterocycles. The number of benzene rings is 1. The molecule has 1 saturated carbocycles. The normalized spacial score (nSPS) is 14.8. The molecule has 1 aromatic carbocycles. The molecule has 90 valence electrons. The fourth-order valence-corrected chi connectivity index (χ4v) is 1.93. The van der Waals surface area contributed by atoms with Gasteiger partial charge in [-0.3, -0.25) is 5.43 Å². The van der Waals surface area contributed by atoms with E-state index in [1.165, 1.54) is 18.2 Å². The third kappa shape index (κ3) is 2.97. The first-order valence-electron chi connectivity index (χ1n) is 5.49. The van der Waals surface area contributed by atoms with Crippen molar-refractivity contribution in [1.82, 2.24) is 0 Å². The second-order valence-corrected chi connectivity index (χ2v) is 4.39. The largest absolute Gasteiger partial charge is 0.545 e. The summed E-state index contributed by atoms with van der Waals surface area (Å²) in [5.74, 6) is -1.22. The van der Waals surface area contributed by atoms with Gasteiger partial charge >= 0.3 is 0 Å². The molecule has 17 heavy (non-hydrogen) atoms. The number of carbonyl (C=O) groups is 1. The molecule has 0 radical (unpaired) electrons. The first kappa shape index (κ1) is 11.9. The molecule has 1 aliphatic rings. The van der Waals surface area contributed by atoms with E-state index in [-0.39, 0.29) is 5.56 Å². The molecular formula is C12H12ClN2O2-. The quantitative estimate of drug-likeness (QED) is 0.836. The summed E-state index contributed by atoms with van der Waals surface area (Å²) in [7, 11) is 0. The Morgan fingerprint density at radius 2 is 2.06 bits per heavy atom. The van der Waals surface area contributed by atoms with Gasteiger partial charge in [0.05, 0.1) is 16.7 Å². The lowest BCUT2D eigenvalue weighted by Gasteiger charge is -2.08. The van der Waals surface area contributed by atoms with E-state index in [0.29, 0.717) is 10.7 Å². The lowest BCUT2D eigenvalue weighted by atomic mass is 10.2. The Bertz CT molecular complexity index is 464. The van der Waals surface area contributed by atoms with E-state index in [1.54, 1.807) is 0 Å². The summed E-state index contributed by atoms with van der Waals surface area (Å²) in [4.78, 5) is 10.7. The molecule has 1 fully saturated rings. The summed E-state index contributed by atoms with van der Waals surface area (Å²) in [5.41, 5.74) is 4.49. The Labute approximate surface area is 104 Å². The smallest absolute Gasteiger partial charge is 0.0754 e. The minimum absolute atomic E-state index is 0.0866. The zero-order valence-electron chi connectivity index (χ0n) is 9.20. The van der Waals surface area contributed by atoms with Crippen LogP contribution in [0, 0.1) is 0 Å². The molecule has 1 aliphatic carbocycles. The molecule has 0 saturated heterocycles. The highest BCUT2D eigenvalue weighted by Gasteiger charge is 2.08. The van der Waals surface area contributed by atoms with Crippen LogP contribution < -0.4 is 10.5 Å². The number of hydrogen-bond donors (Lipinski definition) is 1. The van der Waals surface area contributed by atoms with Gasteiger partial charge in [0.2, 0.25) is 0 Å². The maximum atomic E-state index is 10.7. The van der Waals surface area contributed by atoms with Crippen molar-refractivity contribution in [2.24, 2.45) is 5.10 Å². The van der Waals surface area contributed by atoms with Crippen molar-refractivity contribution in [3.63, 3.8) is 0 Å². The van der Waals surface area contributed by atoms with Crippen LogP contribution in [0.3, 0.4) is 0 Å². The molecule has 0 bridgehead atoms. The highest BCUT2D eigenvalue weighted by Crippen LogP contribution is 2.23. The van der Waals surface area contributed by atoms with Crippen molar-refractivity contribution in [2.75, 3.05) is 5.43 Å². The van der Waals surface area contributed by atoms with Crippen LogP contribution in [0.15, 0.2) is 23.3 Å². The lowest BCUT2D eigenvalue weighted by molar-refractivity contribution is -0.255. The van der Waals surface area contributed by atoms with Gasteiger partial charge in [-0.15, -0.1) is 0 Å². The molecule has 1 N–H and O–H groups in total. The summed E-state index contributed by atoms with van der Waals surface area (Å²) in [5, 5.41) is 15.4. The van der Waals surface area contributed by atoms with E-state index < -0.39 is 5.97 Å². The van der Waals surface area contributed by atoms with Crippen molar-refractivity contribution in [2.45, 2.75) is 25.7 Å². The average molecular weight is 252 g/mol. The minimum Gasteiger partial charge on any atom is -0.545 e. The predicted molar refractivity (Wildman–Crippen MR) is 65.3 cm³/mol. The SMILES string of the molecule is O=C([O-])c1ccc(Cl)c(NN=C2CCCC2)c1. The minimum atomic E-state index is -1.22. The summed E-state index contributed by atoms with van der Waals surface area (Å²) >= 11 is 5.94. The van der Waals surface area contributed by atoms with Crippen molar-refractivity contribution in [1.29, 1.82) is 0 Å². The highest BCUT2D eigenvalue weighted by atomic mass is 35.5. The molecule has 1 aromatic rings. The molecule has 0 aliphatic heterocycles. The van der Waals surface area contributed by atoms with Gasteiger partial charge < -0.3 is 9.90 Å². The summed E-state index contributed by atoms with van der Waals surface area (Å²) < 4.78 is 0. The van der Waals surface area contributed by atoms with Gasteiger partial charge in [-0.1, -0.05) is 17.7 Å². The van der Waals surface area contributed by atoms with Gasteiger partial charge in [-0.25, -0.2) is 0 Å². The number of halogens is 1. The van der Waals surface area contributed by atoms with E-state index in [1.807, 2.05) is 0 Å². The number of nitrogens with zero attached hydrogens (tertiary/aromatic N) is 1. The Morgan fingerprint density at radius 1 is 1.35 bits per heavy atom. The summed E-state index contributed by atoms with van der Waals surface area (Å²) in [6.45, 7) is 0. The van der Waals surface area contributed by atoms with Crippen LogP contribution in [-0.4, -0.2) is 11.7 Å². The van der Waals surface area contributed by atoms with E-state index >= 15 is 0 Å². The molecule has 0 atom stereocenters. The van der Waals surface area contributed by atoms with E-state index in [2.05, 4.69) is 10.5 Å². The van der Waals surface area contributed by atoms with E-state index in [0.717, 1.165) is 31.4 Å². The summed E-state index contributed by atoms with van der Waals surface area (Å²) in [6.07, 6.45) is 4.30. The second-order valence-electron chi connectivity index (χ2n) is 3.98. The maximum Gasteiger partial charge on any atom is 0.0754 e. The van der Waals surface area contributed by atoms with Crippen LogP contribution in [-0.2, 0) is 0 Å². The number of carboxylic acids is 1. The van der Waals surface area contributed by atoms with E-state index in [9.17, 15) is 9.90 Å². The molecular weight excluding hydrogens is 240 g/mol. The van der Waals surface area contributed by atoms with Gasteiger partial charge in [0.1, 0.15) is 0 Å². The van der Waals surface area contributed by atoms with Gasteiger partial charge in [0.15, 0.2) is 0 Å². The van der Waals surface area contributed by atoms with Crippen LogP contribution in [0.4, 0.5) is 5.69 Å². The lowest BCUT2D eigenvalue weighted by Crippen LogP contribution is -2.22. The zero-order valence-corrected chi connectivity index (χ0v) is 9.96. The van der Waals surface area contributed by atoms with Crippen molar-refractivity contribution in [3.05, 3.63) is 28.8 Å². The average Bonchev–Trinajstić information content (AvgIpc) is 2.80. The molecule has 0 unspecified atom stereocenters. The van der Waals surface area contributed by atoms with Crippen molar-refractivity contribution >= 4 is 29.0 Å². The van der Waals surface area contributed by atoms with Crippen molar-refractivity contribution < 1.29 is 9.90 Å². The number of rotatable bonds is 3. The molecule has 0 amide bonds. The number of anilines is 1. The third-order valence-electron chi connectivity index (χ3n) is 2.72. The third-order valence-corrected chi connectivity index (χ3v) is 3.05. The van der Waals surface area contributed by atoms with Crippen LogP contribution >= 0.6 is 11.6 Å². The second kappa shape index (κ2) is 5.19. The number of hydrogen-bond acceptors (Lipinski definition) is 4. The number of hydrazone groups is 1. The van der Waals surface area contributed by atoms with Crippen molar-refractivity contribution in [3.8, 4) is 0 Å². The van der Waals surface area contributed by atoms with Gasteiger partial charge in [-0.05, 0) is 43.4 Å². The van der Waals surface area contributed by atoms with Gasteiger partial charge in [0.25, 0.3) is 0 Å². The Kier molecular flexibility index (Phi) is 3.64. The predicted octanol–water partition coefficient (Wildman–Crippen LogP) is 2.05. The number of carboxylic acid groups (broad SMARTS) is 1. The molecule has 0 spiro atoms. The zero-order chi connectivity index (χ0) is 12.3. The molecule has 4 nitrogen and oxygen atoms in total. The first-order chi connectivity index (χ1) is 8.16. The summed E-state index contributed by atoms with van der Waals surface area (Å²) in [6, 6.07) is 4.35. The number of carbonyl (C=O) groups excluding carboxylic acids is 1. The fourth-order valence-electron chi connectivity index (χ4n) is 1.77. The standard InChI is InChI=1S/C12H13ClN2O2/c13-10-6-5-8(12(16)17)7-11(10)15-14-9-3-1-2-4-9/h5-7,15H,1-4H2,(H,16,17)/p-1. The Hall–Kier alpha value is -1.55. The fraction of sp³-hybridized carbons (Fsp3) is 0.333. The van der Waals surface area contributed by atoms with Crippen LogP contribution in [0.25, 0.3) is 0 Å². The Balaban J connectivity index is 2.16. The maximum absolute atomic E-state index is 10.7. The monoisotopic (exact) mass is 251 g/mol. The highest BCUT2D eigenvalue weighted by molar-refractivity contribution is 6.33. The topological polar surface area (TPSA) is 64.5 Å². The molecule has 0 heterocycles. The van der Waals surface area contributed by atoms with Crippen LogP contribution in [0.1, 0.15) is 36.0 Å². The molecule has 5 heteroatoms. The van der Waals surface area contributed by atoms with Crippen LogP contribution in [0.2, 0.25) is 5.02 Å². The van der Waals surface area contributed by atoms with Gasteiger partial charge in [0, 0.05) is 5.71 Å². The van der Waals surface area contributed by atoms with E-state index in [4.69, 9.17) is 11.6 Å². The van der Waals surface area contributed by atoms with Crippen LogP contribution in [0.5, 0.6) is 0 Å². The number of nitrogens with one attached hydrogen (secondary N) is 1. The number of aromatic carboxylic acids is 1. The first-order valence-corrected chi connectivity index (χ1v) is 5.87. The molecule has 2 rings (SSSR count). The van der Waals surface area contributed by atoms with Gasteiger partial charge in [-0.2, -0.15) is 5.10 Å².